The molecule has 1 saturated heterocycles. The van der Waals surface area contributed by atoms with Crippen LogP contribution < -0.4 is 10.6 Å². The monoisotopic (exact) mass is 315 g/mol. The standard InChI is InChI=1S/C11H14BrN3O3/c12-8-1-2-10(15(16)17)11(5-8)14-3-4-18-9(6-13)7-14/h1-2,5,9H,3-4,6-7,13H2. The molecule has 0 radical (unpaired) electrons. The first-order chi connectivity index (χ1) is 8.61. The van der Waals surface area contributed by atoms with E-state index in [0.717, 1.165) is 4.47 Å². The number of anilines is 1. The summed E-state index contributed by atoms with van der Waals surface area (Å²) in [5.74, 6) is 0. The lowest BCUT2D eigenvalue weighted by atomic mass is 10.2. The van der Waals surface area contributed by atoms with Crippen molar-refractivity contribution in [3.8, 4) is 0 Å². The fourth-order valence-electron chi connectivity index (χ4n) is 1.99. The first kappa shape index (κ1) is 13.3. The number of ether oxygens (including phenoxy) is 1. The Kier molecular flexibility index (Phi) is 4.15. The van der Waals surface area contributed by atoms with Gasteiger partial charge in [0.2, 0.25) is 0 Å². The van der Waals surface area contributed by atoms with Crippen molar-refractivity contribution in [3.63, 3.8) is 0 Å². The molecule has 0 aliphatic carbocycles. The number of benzene rings is 1. The van der Waals surface area contributed by atoms with Gasteiger partial charge < -0.3 is 15.4 Å². The largest absolute Gasteiger partial charge is 0.373 e. The highest BCUT2D eigenvalue weighted by atomic mass is 79.9. The number of nitrogens with two attached hydrogens (primary N) is 1. The van der Waals surface area contributed by atoms with Crippen molar-refractivity contribution in [1.29, 1.82) is 0 Å². The molecule has 0 aromatic heterocycles. The second-order valence-electron chi connectivity index (χ2n) is 4.06. The van der Waals surface area contributed by atoms with Gasteiger partial charge in [0.15, 0.2) is 0 Å². The topological polar surface area (TPSA) is 81.6 Å². The van der Waals surface area contributed by atoms with Gasteiger partial charge in [0, 0.05) is 30.2 Å². The molecule has 2 N–H and O–H groups in total. The van der Waals surface area contributed by atoms with E-state index in [-0.39, 0.29) is 16.7 Å². The van der Waals surface area contributed by atoms with Crippen molar-refractivity contribution < 1.29 is 9.66 Å². The van der Waals surface area contributed by atoms with Crippen molar-refractivity contribution in [1.82, 2.24) is 0 Å². The smallest absolute Gasteiger partial charge is 0.292 e. The lowest BCUT2D eigenvalue weighted by Crippen LogP contribution is -2.45. The summed E-state index contributed by atoms with van der Waals surface area (Å²) in [6.45, 7) is 2.16. The second kappa shape index (κ2) is 5.64. The molecule has 0 spiro atoms. The van der Waals surface area contributed by atoms with E-state index in [0.29, 0.717) is 31.9 Å². The second-order valence-corrected chi connectivity index (χ2v) is 4.98. The average molecular weight is 316 g/mol. The Morgan fingerprint density at radius 1 is 1.61 bits per heavy atom. The minimum atomic E-state index is -0.366. The molecule has 18 heavy (non-hydrogen) atoms. The highest BCUT2D eigenvalue weighted by molar-refractivity contribution is 9.10. The normalized spacial score (nSPS) is 19.9. The maximum atomic E-state index is 11.0. The predicted octanol–water partition coefficient (Wildman–Crippen LogP) is 1.52. The fourth-order valence-corrected chi connectivity index (χ4v) is 2.33. The van der Waals surface area contributed by atoms with Gasteiger partial charge in [0.05, 0.1) is 17.6 Å². The Hall–Kier alpha value is -1.18. The molecule has 1 aliphatic rings. The van der Waals surface area contributed by atoms with Crippen molar-refractivity contribution in [2.24, 2.45) is 5.73 Å². The number of nitro benzene ring substituents is 1. The van der Waals surface area contributed by atoms with Crippen LogP contribution in [0.3, 0.4) is 0 Å². The number of rotatable bonds is 3. The molecule has 1 aromatic rings. The molecule has 1 unspecified atom stereocenters. The number of nitrogens with zero attached hydrogens (tertiary/aromatic N) is 2. The van der Waals surface area contributed by atoms with Gasteiger partial charge in [-0.25, -0.2) is 0 Å². The first-order valence-electron chi connectivity index (χ1n) is 5.62. The molecule has 1 atom stereocenters. The molecule has 0 amide bonds. The van der Waals surface area contributed by atoms with Gasteiger partial charge in [-0.15, -0.1) is 0 Å². The van der Waals surface area contributed by atoms with Crippen LogP contribution in [-0.2, 0) is 4.74 Å². The summed E-state index contributed by atoms with van der Waals surface area (Å²) in [5.41, 5.74) is 6.29. The Balaban J connectivity index is 2.31. The lowest BCUT2D eigenvalue weighted by molar-refractivity contribution is -0.384. The molecule has 2 rings (SSSR count). The summed E-state index contributed by atoms with van der Waals surface area (Å²) in [7, 11) is 0. The molecule has 7 heteroatoms. The van der Waals surface area contributed by atoms with E-state index in [2.05, 4.69) is 15.9 Å². The van der Waals surface area contributed by atoms with E-state index >= 15 is 0 Å². The Bertz CT molecular complexity index is 455. The Labute approximate surface area is 113 Å². The van der Waals surface area contributed by atoms with E-state index in [1.54, 1.807) is 12.1 Å². The summed E-state index contributed by atoms with van der Waals surface area (Å²) in [6.07, 6.45) is -0.0719. The maximum absolute atomic E-state index is 11.0. The number of halogens is 1. The highest BCUT2D eigenvalue weighted by Crippen LogP contribution is 2.32. The first-order valence-corrected chi connectivity index (χ1v) is 6.41. The van der Waals surface area contributed by atoms with Gasteiger partial charge in [-0.05, 0) is 12.1 Å². The van der Waals surface area contributed by atoms with Gasteiger partial charge >= 0.3 is 0 Å². The fraction of sp³-hybridized carbons (Fsp3) is 0.455. The van der Waals surface area contributed by atoms with Crippen LogP contribution in [0.4, 0.5) is 11.4 Å². The third kappa shape index (κ3) is 2.80. The van der Waals surface area contributed by atoms with Crippen LogP contribution in [-0.4, -0.2) is 37.3 Å². The van der Waals surface area contributed by atoms with Crippen LogP contribution in [0, 0.1) is 10.1 Å². The third-order valence-corrected chi connectivity index (χ3v) is 3.37. The van der Waals surface area contributed by atoms with Crippen molar-refractivity contribution in [3.05, 3.63) is 32.8 Å². The van der Waals surface area contributed by atoms with Crippen molar-refractivity contribution in [2.75, 3.05) is 31.1 Å². The van der Waals surface area contributed by atoms with E-state index in [9.17, 15) is 10.1 Å². The summed E-state index contributed by atoms with van der Waals surface area (Å²) in [4.78, 5) is 12.6. The molecule has 1 heterocycles. The minimum absolute atomic E-state index is 0.0719. The zero-order valence-corrected chi connectivity index (χ0v) is 11.3. The molecular formula is C11H14BrN3O3. The third-order valence-electron chi connectivity index (χ3n) is 2.88. The number of morpholine rings is 1. The highest BCUT2D eigenvalue weighted by Gasteiger charge is 2.25. The summed E-state index contributed by atoms with van der Waals surface area (Å²) in [6, 6.07) is 4.94. The predicted molar refractivity (Wildman–Crippen MR) is 71.8 cm³/mol. The van der Waals surface area contributed by atoms with Crippen molar-refractivity contribution >= 4 is 27.3 Å². The quantitative estimate of drug-likeness (QED) is 0.675. The molecule has 6 nitrogen and oxygen atoms in total. The zero-order chi connectivity index (χ0) is 13.1. The van der Waals surface area contributed by atoms with Crippen LogP contribution >= 0.6 is 15.9 Å². The van der Waals surface area contributed by atoms with E-state index < -0.39 is 0 Å². The number of hydrogen-bond donors (Lipinski definition) is 1. The SMILES string of the molecule is NCC1CN(c2cc(Br)ccc2[N+](=O)[O-])CCO1. The van der Waals surface area contributed by atoms with Gasteiger partial charge in [-0.3, -0.25) is 10.1 Å². The van der Waals surface area contributed by atoms with Crippen LogP contribution in [0.5, 0.6) is 0 Å². The minimum Gasteiger partial charge on any atom is -0.373 e. The summed E-state index contributed by atoms with van der Waals surface area (Å²) in [5, 5.41) is 11.0. The van der Waals surface area contributed by atoms with Gasteiger partial charge in [0.1, 0.15) is 5.69 Å². The van der Waals surface area contributed by atoms with Gasteiger partial charge in [-0.1, -0.05) is 15.9 Å². The molecular weight excluding hydrogens is 302 g/mol. The maximum Gasteiger partial charge on any atom is 0.292 e. The Morgan fingerprint density at radius 2 is 2.39 bits per heavy atom. The molecule has 0 saturated carbocycles. The van der Waals surface area contributed by atoms with Gasteiger partial charge in [0.25, 0.3) is 5.69 Å². The van der Waals surface area contributed by atoms with Crippen LogP contribution in [0.1, 0.15) is 0 Å². The van der Waals surface area contributed by atoms with Crippen LogP contribution in [0.15, 0.2) is 22.7 Å². The molecule has 1 aliphatic heterocycles. The van der Waals surface area contributed by atoms with E-state index in [4.69, 9.17) is 10.5 Å². The molecule has 0 bridgehead atoms. The lowest BCUT2D eigenvalue weighted by Gasteiger charge is -2.33. The molecule has 1 aromatic carbocycles. The Morgan fingerprint density at radius 3 is 3.06 bits per heavy atom. The zero-order valence-electron chi connectivity index (χ0n) is 9.71. The van der Waals surface area contributed by atoms with Gasteiger partial charge in [-0.2, -0.15) is 0 Å². The average Bonchev–Trinajstić information content (AvgIpc) is 2.38. The van der Waals surface area contributed by atoms with Crippen LogP contribution in [0.25, 0.3) is 0 Å². The van der Waals surface area contributed by atoms with E-state index in [1.807, 2.05) is 4.90 Å². The number of nitro groups is 1. The van der Waals surface area contributed by atoms with Crippen molar-refractivity contribution in [2.45, 2.75) is 6.10 Å². The number of hydrogen-bond acceptors (Lipinski definition) is 5. The summed E-state index contributed by atoms with van der Waals surface area (Å²) >= 11 is 3.34. The van der Waals surface area contributed by atoms with Crippen LogP contribution in [0.2, 0.25) is 0 Å². The molecule has 98 valence electrons. The summed E-state index contributed by atoms with van der Waals surface area (Å²) < 4.78 is 6.28. The molecule has 1 fully saturated rings. The van der Waals surface area contributed by atoms with E-state index in [1.165, 1.54) is 6.07 Å².